The molecule has 0 aliphatic heterocycles. The van der Waals surface area contributed by atoms with Crippen molar-refractivity contribution < 1.29 is 28.5 Å². The maximum absolute atomic E-state index is 2.34. The van der Waals surface area contributed by atoms with Crippen molar-refractivity contribution in [3.05, 3.63) is 0 Å². The van der Waals surface area contributed by atoms with Crippen LogP contribution in [0.1, 0.15) is 39.5 Å². The van der Waals surface area contributed by atoms with E-state index >= 15 is 0 Å². The van der Waals surface area contributed by atoms with Gasteiger partial charge in [-0.3, -0.25) is 0 Å². The normalized spacial score (nSPS) is 11.0. The summed E-state index contributed by atoms with van der Waals surface area (Å²) in [5, 5.41) is 0. The lowest BCUT2D eigenvalue weighted by molar-refractivity contribution is -0.890. The molecular weight excluding hydrogens is 261 g/mol. The van der Waals surface area contributed by atoms with Crippen LogP contribution in [0.3, 0.4) is 0 Å². The third kappa shape index (κ3) is 8.78. The number of halogens is 1. The van der Waals surface area contributed by atoms with Gasteiger partial charge in [-0.2, -0.15) is 0 Å². The average Bonchev–Trinajstić information content (AvgIpc) is 1.97. The Labute approximate surface area is 95.1 Å². The summed E-state index contributed by atoms with van der Waals surface area (Å²) in [6, 6.07) is 0. The zero-order chi connectivity index (χ0) is 8.74. The highest BCUT2D eigenvalue weighted by atomic mass is 127. The molecule has 0 rings (SSSR count). The van der Waals surface area contributed by atoms with Gasteiger partial charge in [0.25, 0.3) is 0 Å². The summed E-state index contributed by atoms with van der Waals surface area (Å²) in [5.41, 5.74) is 0. The molecule has 0 aliphatic carbocycles. The Morgan fingerprint density at radius 1 is 0.833 bits per heavy atom. The largest absolute Gasteiger partial charge is 1.00 e. The van der Waals surface area contributed by atoms with Crippen LogP contribution < -0.4 is 24.0 Å². The Bertz CT molecular complexity index is 81.8. The van der Waals surface area contributed by atoms with Crippen molar-refractivity contribution in [2.45, 2.75) is 39.5 Å². The van der Waals surface area contributed by atoms with Crippen LogP contribution in [0.15, 0.2) is 0 Å². The Hall–Kier alpha value is 0.690. The molecule has 0 N–H and O–H groups in total. The van der Waals surface area contributed by atoms with Crippen molar-refractivity contribution in [1.29, 1.82) is 0 Å². The van der Waals surface area contributed by atoms with Crippen molar-refractivity contribution in [1.82, 2.24) is 0 Å². The first-order valence-electron chi connectivity index (χ1n) is 4.94. The first-order chi connectivity index (χ1) is 5.12. The zero-order valence-electron chi connectivity index (χ0n) is 9.07. The van der Waals surface area contributed by atoms with Gasteiger partial charge >= 0.3 is 0 Å². The number of rotatable bonds is 6. The van der Waals surface area contributed by atoms with Crippen LogP contribution in [-0.4, -0.2) is 31.7 Å². The second kappa shape index (κ2) is 8.30. The van der Waals surface area contributed by atoms with Crippen LogP contribution in [-0.2, 0) is 0 Å². The summed E-state index contributed by atoms with van der Waals surface area (Å²) in [5.74, 6) is 0. The Kier molecular flexibility index (Phi) is 10.5. The molecule has 76 valence electrons. The predicted octanol–water partition coefficient (Wildman–Crippen LogP) is -0.333. The molecule has 0 spiro atoms. The summed E-state index contributed by atoms with van der Waals surface area (Å²) in [4.78, 5) is 0. The van der Waals surface area contributed by atoms with E-state index in [1.165, 1.54) is 43.3 Å². The predicted molar refractivity (Wildman–Crippen MR) is 51.7 cm³/mol. The average molecular weight is 285 g/mol. The van der Waals surface area contributed by atoms with E-state index in [4.69, 9.17) is 0 Å². The van der Waals surface area contributed by atoms with Gasteiger partial charge in [0.1, 0.15) is 0 Å². The molecule has 0 heterocycles. The molecule has 0 bridgehead atoms. The van der Waals surface area contributed by atoms with Gasteiger partial charge < -0.3 is 28.5 Å². The van der Waals surface area contributed by atoms with E-state index in [9.17, 15) is 0 Å². The van der Waals surface area contributed by atoms with Crippen LogP contribution in [0.2, 0.25) is 0 Å². The third-order valence-electron chi connectivity index (χ3n) is 2.23. The van der Waals surface area contributed by atoms with Crippen LogP contribution in [0.4, 0.5) is 0 Å². The molecule has 0 fully saturated rings. The molecule has 0 radical (unpaired) electrons. The summed E-state index contributed by atoms with van der Waals surface area (Å²) in [7, 11) is 4.68. The quantitative estimate of drug-likeness (QED) is 0.463. The molecule has 0 saturated heterocycles. The fourth-order valence-electron chi connectivity index (χ4n) is 1.28. The molecule has 0 unspecified atom stereocenters. The Morgan fingerprint density at radius 3 is 1.42 bits per heavy atom. The van der Waals surface area contributed by atoms with E-state index in [1.54, 1.807) is 0 Å². The molecule has 12 heavy (non-hydrogen) atoms. The van der Waals surface area contributed by atoms with E-state index in [2.05, 4.69) is 27.9 Å². The first-order valence-corrected chi connectivity index (χ1v) is 4.94. The molecular formula is C10H24IN. The van der Waals surface area contributed by atoms with Gasteiger partial charge in [-0.15, -0.1) is 0 Å². The molecule has 1 nitrogen and oxygen atoms in total. The van der Waals surface area contributed by atoms with Crippen molar-refractivity contribution in [3.8, 4) is 0 Å². The van der Waals surface area contributed by atoms with Crippen LogP contribution in [0.5, 0.6) is 0 Å². The molecule has 0 aromatic carbocycles. The van der Waals surface area contributed by atoms with Gasteiger partial charge in [0.15, 0.2) is 0 Å². The van der Waals surface area contributed by atoms with Gasteiger partial charge in [0.2, 0.25) is 0 Å². The number of unbranched alkanes of at least 4 members (excludes halogenated alkanes) is 2. The summed E-state index contributed by atoms with van der Waals surface area (Å²) >= 11 is 0. The van der Waals surface area contributed by atoms with Crippen molar-refractivity contribution in [3.63, 3.8) is 0 Å². The minimum absolute atomic E-state index is 0. The highest BCUT2D eigenvalue weighted by molar-refractivity contribution is 4.37. The van der Waals surface area contributed by atoms with Crippen LogP contribution >= 0.6 is 0 Å². The lowest BCUT2D eigenvalue weighted by atomic mass is 10.2. The number of quaternary nitrogens is 1. The van der Waals surface area contributed by atoms with Crippen molar-refractivity contribution in [2.75, 3.05) is 27.2 Å². The lowest BCUT2D eigenvalue weighted by Gasteiger charge is -2.29. The van der Waals surface area contributed by atoms with E-state index in [-0.39, 0.29) is 24.0 Å². The van der Waals surface area contributed by atoms with Gasteiger partial charge in [0.05, 0.1) is 27.2 Å². The number of hydrogen-bond donors (Lipinski definition) is 0. The molecule has 0 saturated carbocycles. The highest BCUT2D eigenvalue weighted by Gasteiger charge is 2.11. The molecule has 0 aromatic heterocycles. The third-order valence-corrected chi connectivity index (χ3v) is 2.23. The molecule has 0 atom stereocenters. The number of nitrogens with zero attached hydrogens (tertiary/aromatic N) is 1. The summed E-state index contributed by atoms with van der Waals surface area (Å²) in [6.45, 7) is 7.21. The second-order valence-electron chi connectivity index (χ2n) is 4.09. The molecule has 0 aromatic rings. The van der Waals surface area contributed by atoms with Crippen LogP contribution in [0, 0.1) is 0 Å². The standard InChI is InChI=1S/C10H24N.HI/c1-5-7-9-11(3,4)10-8-6-2;/h5-10H2,1-4H3;1H/q+1;/p-1. The molecule has 0 aliphatic rings. The zero-order valence-corrected chi connectivity index (χ0v) is 11.2. The summed E-state index contributed by atoms with van der Waals surface area (Å²) in [6.07, 6.45) is 5.40. The van der Waals surface area contributed by atoms with Crippen LogP contribution in [0.25, 0.3) is 0 Å². The van der Waals surface area contributed by atoms with E-state index in [0.29, 0.717) is 0 Å². The first kappa shape index (κ1) is 15.2. The summed E-state index contributed by atoms with van der Waals surface area (Å²) < 4.78 is 1.21. The van der Waals surface area contributed by atoms with E-state index in [0.717, 1.165) is 0 Å². The van der Waals surface area contributed by atoms with E-state index in [1.807, 2.05) is 0 Å². The lowest BCUT2D eigenvalue weighted by Crippen LogP contribution is -3.00. The number of hydrogen-bond acceptors (Lipinski definition) is 0. The molecule has 2 heteroatoms. The van der Waals surface area contributed by atoms with Gasteiger partial charge in [0, 0.05) is 0 Å². The Balaban J connectivity index is 0. The Morgan fingerprint density at radius 2 is 1.17 bits per heavy atom. The van der Waals surface area contributed by atoms with Gasteiger partial charge in [-0.05, 0) is 12.8 Å². The van der Waals surface area contributed by atoms with Crippen molar-refractivity contribution in [2.24, 2.45) is 0 Å². The monoisotopic (exact) mass is 285 g/mol. The van der Waals surface area contributed by atoms with Gasteiger partial charge in [-0.1, -0.05) is 26.7 Å². The van der Waals surface area contributed by atoms with Crippen molar-refractivity contribution >= 4 is 0 Å². The maximum atomic E-state index is 2.34. The minimum Gasteiger partial charge on any atom is -1.00 e. The topological polar surface area (TPSA) is 0 Å². The second-order valence-corrected chi connectivity index (χ2v) is 4.09. The van der Waals surface area contributed by atoms with E-state index < -0.39 is 0 Å². The maximum Gasteiger partial charge on any atom is 0.0782 e. The fourth-order valence-corrected chi connectivity index (χ4v) is 1.28. The van der Waals surface area contributed by atoms with Gasteiger partial charge in [-0.25, -0.2) is 0 Å². The minimum atomic E-state index is 0. The fraction of sp³-hybridized carbons (Fsp3) is 1.00. The molecule has 0 amide bonds. The smallest absolute Gasteiger partial charge is 0.0782 e. The highest BCUT2D eigenvalue weighted by Crippen LogP contribution is 2.03. The SMILES string of the molecule is CCCC[N+](C)(C)CCCC.[I-].